The molecule has 0 fully saturated rings. The van der Waals surface area contributed by atoms with Crippen molar-refractivity contribution in [1.29, 1.82) is 0 Å². The zero-order valence-electron chi connectivity index (χ0n) is 10.7. The first-order valence-electron chi connectivity index (χ1n) is 5.99. The molecule has 0 aliphatic carbocycles. The molecule has 1 aromatic heterocycles. The SMILES string of the molecule is COc1cc2ncc(Oc3ccccc3)nc2cc1Cl. The Morgan fingerprint density at radius 2 is 1.85 bits per heavy atom. The van der Waals surface area contributed by atoms with Crippen LogP contribution in [0.25, 0.3) is 11.0 Å². The van der Waals surface area contributed by atoms with Crippen LogP contribution in [0, 0.1) is 0 Å². The van der Waals surface area contributed by atoms with Crippen molar-refractivity contribution in [1.82, 2.24) is 9.97 Å². The Labute approximate surface area is 121 Å². The van der Waals surface area contributed by atoms with Gasteiger partial charge in [0.25, 0.3) is 0 Å². The number of hydrogen-bond acceptors (Lipinski definition) is 4. The fraction of sp³-hybridized carbons (Fsp3) is 0.0667. The van der Waals surface area contributed by atoms with Gasteiger partial charge in [0.1, 0.15) is 11.5 Å². The zero-order chi connectivity index (χ0) is 13.9. The van der Waals surface area contributed by atoms with E-state index >= 15 is 0 Å². The van der Waals surface area contributed by atoms with E-state index in [1.807, 2.05) is 30.3 Å². The second-order valence-electron chi connectivity index (χ2n) is 4.10. The Kier molecular flexibility index (Phi) is 3.39. The van der Waals surface area contributed by atoms with E-state index in [1.165, 1.54) is 0 Å². The summed E-state index contributed by atoms with van der Waals surface area (Å²) in [6.07, 6.45) is 1.57. The van der Waals surface area contributed by atoms with Gasteiger partial charge in [0, 0.05) is 6.07 Å². The lowest BCUT2D eigenvalue weighted by atomic mass is 10.3. The van der Waals surface area contributed by atoms with Gasteiger partial charge in [0.2, 0.25) is 5.88 Å². The van der Waals surface area contributed by atoms with E-state index < -0.39 is 0 Å². The molecule has 100 valence electrons. The van der Waals surface area contributed by atoms with Crippen LogP contribution in [-0.2, 0) is 0 Å². The molecule has 0 bridgehead atoms. The van der Waals surface area contributed by atoms with Gasteiger partial charge in [-0.15, -0.1) is 0 Å². The number of aromatic nitrogens is 2. The summed E-state index contributed by atoms with van der Waals surface area (Å²) < 4.78 is 10.8. The lowest BCUT2D eigenvalue weighted by Gasteiger charge is -2.07. The van der Waals surface area contributed by atoms with E-state index in [4.69, 9.17) is 21.1 Å². The molecule has 0 aliphatic heterocycles. The summed E-state index contributed by atoms with van der Waals surface area (Å²) in [6, 6.07) is 12.9. The summed E-state index contributed by atoms with van der Waals surface area (Å²) in [5.74, 6) is 1.70. The smallest absolute Gasteiger partial charge is 0.238 e. The molecular formula is C15H11ClN2O2. The second kappa shape index (κ2) is 5.35. The average molecular weight is 287 g/mol. The number of ether oxygens (including phenoxy) is 2. The molecular weight excluding hydrogens is 276 g/mol. The highest BCUT2D eigenvalue weighted by molar-refractivity contribution is 6.32. The quantitative estimate of drug-likeness (QED) is 0.727. The third-order valence-corrected chi connectivity index (χ3v) is 3.05. The van der Waals surface area contributed by atoms with Gasteiger partial charge in [-0.2, -0.15) is 0 Å². The van der Waals surface area contributed by atoms with E-state index in [9.17, 15) is 0 Å². The number of methoxy groups -OCH3 is 1. The summed E-state index contributed by atoms with van der Waals surface area (Å²) in [5.41, 5.74) is 1.36. The van der Waals surface area contributed by atoms with Crippen LogP contribution in [0.15, 0.2) is 48.7 Å². The van der Waals surface area contributed by atoms with Crippen molar-refractivity contribution in [3.63, 3.8) is 0 Å². The predicted octanol–water partition coefficient (Wildman–Crippen LogP) is 4.08. The number of halogens is 1. The minimum atomic E-state index is 0.421. The Balaban J connectivity index is 1.98. The van der Waals surface area contributed by atoms with Gasteiger partial charge in [0.15, 0.2) is 0 Å². The highest BCUT2D eigenvalue weighted by Gasteiger charge is 2.07. The first-order valence-corrected chi connectivity index (χ1v) is 6.37. The zero-order valence-corrected chi connectivity index (χ0v) is 11.5. The number of para-hydroxylation sites is 1. The normalized spacial score (nSPS) is 10.5. The standard InChI is InChI=1S/C15H11ClN2O2/c1-19-14-8-12-13(7-11(14)16)18-15(9-17-12)20-10-5-3-2-4-6-10/h2-9H,1H3. The van der Waals surface area contributed by atoms with Crippen LogP contribution in [0.1, 0.15) is 0 Å². The van der Waals surface area contributed by atoms with Gasteiger partial charge in [-0.1, -0.05) is 29.8 Å². The van der Waals surface area contributed by atoms with E-state index in [0.717, 1.165) is 0 Å². The minimum absolute atomic E-state index is 0.421. The van der Waals surface area contributed by atoms with Crippen molar-refractivity contribution < 1.29 is 9.47 Å². The summed E-state index contributed by atoms with van der Waals surface area (Å²) in [5, 5.41) is 0.492. The van der Waals surface area contributed by atoms with Gasteiger partial charge in [-0.25, -0.2) is 9.97 Å². The van der Waals surface area contributed by atoms with Crippen molar-refractivity contribution in [3.05, 3.63) is 53.7 Å². The summed E-state index contributed by atoms with van der Waals surface area (Å²) in [7, 11) is 1.56. The minimum Gasteiger partial charge on any atom is -0.495 e. The third-order valence-electron chi connectivity index (χ3n) is 2.76. The van der Waals surface area contributed by atoms with Gasteiger partial charge < -0.3 is 9.47 Å². The van der Waals surface area contributed by atoms with Crippen LogP contribution < -0.4 is 9.47 Å². The van der Waals surface area contributed by atoms with Crippen molar-refractivity contribution in [2.45, 2.75) is 0 Å². The molecule has 0 saturated heterocycles. The molecule has 0 saturated carbocycles. The molecule has 0 unspecified atom stereocenters. The maximum atomic E-state index is 6.08. The van der Waals surface area contributed by atoms with Crippen LogP contribution in [0.3, 0.4) is 0 Å². The van der Waals surface area contributed by atoms with Gasteiger partial charge >= 0.3 is 0 Å². The Morgan fingerprint density at radius 1 is 1.05 bits per heavy atom. The van der Waals surface area contributed by atoms with Crippen molar-refractivity contribution in [3.8, 4) is 17.4 Å². The Bertz CT molecular complexity index is 747. The maximum absolute atomic E-state index is 6.08. The molecule has 0 spiro atoms. The molecule has 4 nitrogen and oxygen atoms in total. The topological polar surface area (TPSA) is 44.2 Å². The van der Waals surface area contributed by atoms with E-state index in [1.54, 1.807) is 25.4 Å². The molecule has 2 aromatic carbocycles. The molecule has 1 heterocycles. The van der Waals surface area contributed by atoms with Crippen LogP contribution in [-0.4, -0.2) is 17.1 Å². The van der Waals surface area contributed by atoms with E-state index in [0.29, 0.717) is 33.4 Å². The van der Waals surface area contributed by atoms with Crippen molar-refractivity contribution >= 4 is 22.6 Å². The molecule has 0 N–H and O–H groups in total. The molecule has 0 radical (unpaired) electrons. The molecule has 3 aromatic rings. The first kappa shape index (κ1) is 12.7. The Morgan fingerprint density at radius 3 is 2.60 bits per heavy atom. The van der Waals surface area contributed by atoms with Gasteiger partial charge in [0.05, 0.1) is 29.4 Å². The molecule has 0 atom stereocenters. The highest BCUT2D eigenvalue weighted by Crippen LogP contribution is 2.29. The van der Waals surface area contributed by atoms with Crippen LogP contribution in [0.4, 0.5) is 0 Å². The van der Waals surface area contributed by atoms with Crippen molar-refractivity contribution in [2.24, 2.45) is 0 Å². The highest BCUT2D eigenvalue weighted by atomic mass is 35.5. The van der Waals surface area contributed by atoms with Crippen LogP contribution >= 0.6 is 11.6 Å². The Hall–Kier alpha value is -2.33. The molecule has 0 amide bonds. The summed E-state index contributed by atoms with van der Waals surface area (Å²) >= 11 is 6.08. The second-order valence-corrected chi connectivity index (χ2v) is 4.51. The largest absolute Gasteiger partial charge is 0.495 e. The maximum Gasteiger partial charge on any atom is 0.238 e. The first-order chi connectivity index (χ1) is 9.76. The fourth-order valence-electron chi connectivity index (χ4n) is 1.81. The number of hydrogen-bond donors (Lipinski definition) is 0. The van der Waals surface area contributed by atoms with Gasteiger partial charge in [-0.05, 0) is 18.2 Å². The molecule has 3 rings (SSSR count). The number of nitrogens with zero attached hydrogens (tertiary/aromatic N) is 2. The lowest BCUT2D eigenvalue weighted by Crippen LogP contribution is -1.92. The summed E-state index contributed by atoms with van der Waals surface area (Å²) in [4.78, 5) is 8.68. The number of rotatable bonds is 3. The lowest BCUT2D eigenvalue weighted by molar-refractivity contribution is 0.415. The number of fused-ring (bicyclic) bond motifs is 1. The molecule has 0 aliphatic rings. The number of benzene rings is 2. The fourth-order valence-corrected chi connectivity index (χ4v) is 2.05. The molecule has 5 heteroatoms. The monoisotopic (exact) mass is 286 g/mol. The van der Waals surface area contributed by atoms with Crippen LogP contribution in [0.5, 0.6) is 17.4 Å². The molecule has 20 heavy (non-hydrogen) atoms. The third kappa shape index (κ3) is 2.51. The van der Waals surface area contributed by atoms with Crippen molar-refractivity contribution in [2.75, 3.05) is 7.11 Å². The predicted molar refractivity (Wildman–Crippen MR) is 77.6 cm³/mol. The van der Waals surface area contributed by atoms with Crippen LogP contribution in [0.2, 0.25) is 5.02 Å². The van der Waals surface area contributed by atoms with E-state index in [2.05, 4.69) is 9.97 Å². The van der Waals surface area contributed by atoms with E-state index in [-0.39, 0.29) is 0 Å². The summed E-state index contributed by atoms with van der Waals surface area (Å²) in [6.45, 7) is 0. The average Bonchev–Trinajstić information content (AvgIpc) is 2.47. The van der Waals surface area contributed by atoms with Gasteiger partial charge in [-0.3, -0.25) is 0 Å².